The van der Waals surface area contributed by atoms with Gasteiger partial charge < -0.3 is 18.7 Å². The zero-order chi connectivity index (χ0) is 19.2. The van der Waals surface area contributed by atoms with Crippen molar-refractivity contribution in [1.82, 2.24) is 10.1 Å². The fourth-order valence-electron chi connectivity index (χ4n) is 2.45. The summed E-state index contributed by atoms with van der Waals surface area (Å²) in [7, 11) is 3.16. The lowest BCUT2D eigenvalue weighted by atomic mass is 10.2. The predicted octanol–water partition coefficient (Wildman–Crippen LogP) is 4.89. The Morgan fingerprint density at radius 1 is 1.07 bits per heavy atom. The Hall–Kier alpha value is -2.99. The standard InChI is InChI=1S/C20H19ClN2O4/c1-4-26-14-7-5-13(6-8-14)11-17(21)20-22-19(23-27-20)16-10-9-15(24-2)12-18(16)25-3/h5-12H,4H2,1-3H3/b17-11-. The van der Waals surface area contributed by atoms with Crippen molar-refractivity contribution in [2.24, 2.45) is 0 Å². The molecule has 3 aromatic rings. The molecule has 0 N–H and O–H groups in total. The zero-order valence-corrected chi connectivity index (χ0v) is 16.0. The van der Waals surface area contributed by atoms with E-state index < -0.39 is 0 Å². The molecule has 0 atom stereocenters. The minimum absolute atomic E-state index is 0.221. The van der Waals surface area contributed by atoms with Crippen molar-refractivity contribution in [3.05, 3.63) is 53.9 Å². The molecule has 2 aromatic carbocycles. The van der Waals surface area contributed by atoms with Gasteiger partial charge in [-0.1, -0.05) is 28.9 Å². The SMILES string of the molecule is CCOc1ccc(/C=C(\Cl)c2nc(-c3ccc(OC)cc3OC)no2)cc1. The normalized spacial score (nSPS) is 11.3. The van der Waals surface area contributed by atoms with Crippen LogP contribution in [-0.2, 0) is 0 Å². The fraction of sp³-hybridized carbons (Fsp3) is 0.200. The van der Waals surface area contributed by atoms with Crippen LogP contribution >= 0.6 is 11.6 Å². The fourth-order valence-corrected chi connectivity index (χ4v) is 2.65. The Morgan fingerprint density at radius 2 is 1.81 bits per heavy atom. The summed E-state index contributed by atoms with van der Waals surface area (Å²) in [6.07, 6.45) is 1.75. The van der Waals surface area contributed by atoms with Gasteiger partial charge in [-0.25, -0.2) is 0 Å². The van der Waals surface area contributed by atoms with Crippen LogP contribution in [0, 0.1) is 0 Å². The third kappa shape index (κ3) is 4.41. The molecule has 0 bridgehead atoms. The van der Waals surface area contributed by atoms with Gasteiger partial charge in [-0.05, 0) is 42.8 Å². The Bertz CT molecular complexity index is 935. The number of rotatable bonds is 7. The smallest absolute Gasteiger partial charge is 0.269 e. The third-order valence-corrected chi connectivity index (χ3v) is 4.04. The predicted molar refractivity (Wildman–Crippen MR) is 104 cm³/mol. The van der Waals surface area contributed by atoms with E-state index in [-0.39, 0.29) is 5.89 Å². The molecule has 1 heterocycles. The number of benzene rings is 2. The van der Waals surface area contributed by atoms with Crippen molar-refractivity contribution in [2.75, 3.05) is 20.8 Å². The topological polar surface area (TPSA) is 66.6 Å². The van der Waals surface area contributed by atoms with Crippen LogP contribution in [0.2, 0.25) is 0 Å². The van der Waals surface area contributed by atoms with Crippen LogP contribution < -0.4 is 14.2 Å². The van der Waals surface area contributed by atoms with Gasteiger partial charge in [-0.2, -0.15) is 4.98 Å². The van der Waals surface area contributed by atoms with E-state index in [1.165, 1.54) is 0 Å². The first-order valence-corrected chi connectivity index (χ1v) is 8.69. The van der Waals surface area contributed by atoms with Crippen molar-refractivity contribution in [3.8, 4) is 28.6 Å². The summed E-state index contributed by atoms with van der Waals surface area (Å²) >= 11 is 6.35. The van der Waals surface area contributed by atoms with E-state index in [1.54, 1.807) is 38.5 Å². The van der Waals surface area contributed by atoms with E-state index in [0.29, 0.717) is 34.5 Å². The first-order valence-electron chi connectivity index (χ1n) is 8.31. The summed E-state index contributed by atoms with van der Waals surface area (Å²) in [6, 6.07) is 12.9. The summed E-state index contributed by atoms with van der Waals surface area (Å²) in [4.78, 5) is 4.36. The summed E-state index contributed by atoms with van der Waals surface area (Å²) in [6.45, 7) is 2.56. The average Bonchev–Trinajstić information content (AvgIpc) is 3.19. The van der Waals surface area contributed by atoms with Crippen LogP contribution in [0.3, 0.4) is 0 Å². The number of aromatic nitrogens is 2. The molecule has 0 saturated carbocycles. The van der Waals surface area contributed by atoms with Gasteiger partial charge in [0.25, 0.3) is 5.89 Å². The van der Waals surface area contributed by atoms with Gasteiger partial charge >= 0.3 is 0 Å². The van der Waals surface area contributed by atoms with Crippen molar-refractivity contribution in [2.45, 2.75) is 6.92 Å². The molecule has 1 aromatic heterocycles. The number of ether oxygens (including phenoxy) is 3. The molecule has 0 aliphatic carbocycles. The molecule has 0 spiro atoms. The minimum atomic E-state index is 0.221. The molecule has 0 radical (unpaired) electrons. The second-order valence-electron chi connectivity index (χ2n) is 5.48. The molecule has 3 rings (SSSR count). The number of nitrogens with zero attached hydrogens (tertiary/aromatic N) is 2. The second kappa shape index (κ2) is 8.60. The first-order chi connectivity index (χ1) is 13.1. The molecule has 0 fully saturated rings. The van der Waals surface area contributed by atoms with E-state index in [9.17, 15) is 0 Å². The Morgan fingerprint density at radius 3 is 2.48 bits per heavy atom. The van der Waals surface area contributed by atoms with Gasteiger partial charge in [-0.3, -0.25) is 0 Å². The molecule has 0 saturated heterocycles. The number of halogens is 1. The van der Waals surface area contributed by atoms with Crippen LogP contribution in [0.25, 0.3) is 22.5 Å². The van der Waals surface area contributed by atoms with Gasteiger partial charge in [0.15, 0.2) is 0 Å². The van der Waals surface area contributed by atoms with Crippen LogP contribution in [0.15, 0.2) is 47.0 Å². The molecule has 0 unspecified atom stereocenters. The molecule has 27 heavy (non-hydrogen) atoms. The lowest BCUT2D eigenvalue weighted by Crippen LogP contribution is -1.91. The summed E-state index contributed by atoms with van der Waals surface area (Å²) in [5.74, 6) is 2.65. The Balaban J connectivity index is 1.84. The molecule has 7 heteroatoms. The maximum Gasteiger partial charge on any atom is 0.269 e. The maximum absolute atomic E-state index is 6.35. The van der Waals surface area contributed by atoms with Gasteiger partial charge in [-0.15, -0.1) is 0 Å². The Labute approximate surface area is 162 Å². The van der Waals surface area contributed by atoms with Gasteiger partial charge in [0, 0.05) is 6.07 Å². The molecular formula is C20H19ClN2O4. The summed E-state index contributed by atoms with van der Waals surface area (Å²) < 4.78 is 21.3. The van der Waals surface area contributed by atoms with Gasteiger partial charge in [0.1, 0.15) is 22.3 Å². The van der Waals surface area contributed by atoms with Crippen LogP contribution in [0.4, 0.5) is 0 Å². The monoisotopic (exact) mass is 386 g/mol. The van der Waals surface area contributed by atoms with E-state index in [4.69, 9.17) is 30.3 Å². The zero-order valence-electron chi connectivity index (χ0n) is 15.2. The number of hydrogen-bond acceptors (Lipinski definition) is 6. The van der Waals surface area contributed by atoms with Gasteiger partial charge in [0.05, 0.1) is 26.4 Å². The third-order valence-electron chi connectivity index (χ3n) is 3.76. The van der Waals surface area contributed by atoms with Crippen molar-refractivity contribution in [1.29, 1.82) is 0 Å². The van der Waals surface area contributed by atoms with Crippen molar-refractivity contribution >= 4 is 22.7 Å². The lowest BCUT2D eigenvalue weighted by molar-refractivity contribution is 0.340. The summed E-state index contributed by atoms with van der Waals surface area (Å²) in [5, 5.41) is 4.34. The van der Waals surface area contributed by atoms with Gasteiger partial charge in [0.2, 0.25) is 5.82 Å². The summed E-state index contributed by atoms with van der Waals surface area (Å²) in [5.41, 5.74) is 1.57. The highest BCUT2D eigenvalue weighted by Gasteiger charge is 2.16. The number of methoxy groups -OCH3 is 2. The average molecular weight is 387 g/mol. The van der Waals surface area contributed by atoms with E-state index in [0.717, 1.165) is 11.3 Å². The highest BCUT2D eigenvalue weighted by molar-refractivity contribution is 6.50. The second-order valence-corrected chi connectivity index (χ2v) is 5.89. The van der Waals surface area contributed by atoms with Crippen LogP contribution in [0.1, 0.15) is 18.4 Å². The minimum Gasteiger partial charge on any atom is -0.497 e. The van der Waals surface area contributed by atoms with E-state index in [2.05, 4.69) is 10.1 Å². The molecular weight excluding hydrogens is 368 g/mol. The molecule has 0 amide bonds. The Kier molecular flexibility index (Phi) is 5.98. The van der Waals surface area contributed by atoms with Crippen LogP contribution in [0.5, 0.6) is 17.2 Å². The largest absolute Gasteiger partial charge is 0.497 e. The lowest BCUT2D eigenvalue weighted by Gasteiger charge is -2.07. The molecule has 6 nitrogen and oxygen atoms in total. The first kappa shape index (κ1) is 18.8. The van der Waals surface area contributed by atoms with Crippen LogP contribution in [-0.4, -0.2) is 31.0 Å². The number of hydrogen-bond donors (Lipinski definition) is 0. The molecule has 0 aliphatic heterocycles. The van der Waals surface area contributed by atoms with Crippen molar-refractivity contribution in [3.63, 3.8) is 0 Å². The molecule has 0 aliphatic rings. The van der Waals surface area contributed by atoms with E-state index >= 15 is 0 Å². The highest BCUT2D eigenvalue weighted by atomic mass is 35.5. The van der Waals surface area contributed by atoms with Crippen molar-refractivity contribution < 1.29 is 18.7 Å². The quantitative estimate of drug-likeness (QED) is 0.576. The molecule has 140 valence electrons. The maximum atomic E-state index is 6.35. The highest BCUT2D eigenvalue weighted by Crippen LogP contribution is 2.32. The van der Waals surface area contributed by atoms with E-state index in [1.807, 2.05) is 31.2 Å².